The van der Waals surface area contributed by atoms with Crippen molar-refractivity contribution in [2.45, 2.75) is 0 Å². The van der Waals surface area contributed by atoms with Gasteiger partial charge in [-0.05, 0) is 59.0 Å². The van der Waals surface area contributed by atoms with Crippen molar-refractivity contribution in [3.63, 3.8) is 0 Å². The lowest BCUT2D eigenvalue weighted by Gasteiger charge is -2.10. The lowest BCUT2D eigenvalue weighted by atomic mass is 10.0. The van der Waals surface area contributed by atoms with Crippen LogP contribution in [-0.4, -0.2) is 29.6 Å². The Morgan fingerprint density at radius 2 is 1.65 bits per heavy atom. The number of nitrogens with zero attached hydrogens (tertiary/aromatic N) is 8. The summed E-state index contributed by atoms with van der Waals surface area (Å²) in [5.41, 5.74) is 10.5. The molecular formula is C24H13N9O. The number of rotatable bonds is 3. The van der Waals surface area contributed by atoms with Crippen LogP contribution in [0.25, 0.3) is 45.0 Å². The molecule has 0 aliphatic rings. The molecule has 0 saturated heterocycles. The molecule has 4 aromatic heterocycles. The summed E-state index contributed by atoms with van der Waals surface area (Å²) in [7, 11) is 0. The molecule has 10 nitrogen and oxygen atoms in total. The van der Waals surface area contributed by atoms with Crippen LogP contribution in [-0.2, 0) is 0 Å². The fraction of sp³-hybridized carbons (Fsp3) is 0. The van der Waals surface area contributed by atoms with E-state index in [1.165, 1.54) is 6.33 Å². The molecule has 2 N–H and O–H groups in total. The number of fused-ring (bicyclic) bond motifs is 3. The van der Waals surface area contributed by atoms with Gasteiger partial charge >= 0.3 is 0 Å². The Morgan fingerprint density at radius 1 is 0.882 bits per heavy atom. The van der Waals surface area contributed by atoms with E-state index in [4.69, 9.17) is 10.2 Å². The van der Waals surface area contributed by atoms with Gasteiger partial charge in [0, 0.05) is 5.56 Å². The number of nitrogen functional groups attached to an aromatic ring is 1. The number of nitrogens with two attached hydrogens (primary N) is 1. The summed E-state index contributed by atoms with van der Waals surface area (Å²) in [6.45, 7) is 0. The quantitative estimate of drug-likeness (QED) is 0.435. The molecule has 0 saturated carbocycles. The third-order valence-electron chi connectivity index (χ3n) is 5.62. The molecule has 0 bridgehead atoms. The van der Waals surface area contributed by atoms with Crippen LogP contribution in [0, 0.1) is 22.7 Å². The maximum atomic E-state index is 10.0. The fourth-order valence-corrected chi connectivity index (χ4v) is 4.07. The summed E-state index contributed by atoms with van der Waals surface area (Å²) in [4.78, 5) is 4.60. The van der Waals surface area contributed by atoms with E-state index in [2.05, 4.69) is 32.6 Å². The van der Waals surface area contributed by atoms with E-state index in [1.807, 2.05) is 48.5 Å². The number of aromatic nitrogens is 6. The van der Waals surface area contributed by atoms with Crippen molar-refractivity contribution >= 4 is 22.5 Å². The minimum Gasteiger partial charge on any atom is -0.456 e. The van der Waals surface area contributed by atoms with Crippen LogP contribution in [0.15, 0.2) is 71.4 Å². The summed E-state index contributed by atoms with van der Waals surface area (Å²) in [6.07, 6.45) is 1.51. The second-order valence-electron chi connectivity index (χ2n) is 7.46. The van der Waals surface area contributed by atoms with E-state index in [1.54, 1.807) is 21.2 Å². The first kappa shape index (κ1) is 19.2. The van der Waals surface area contributed by atoms with Crippen molar-refractivity contribution in [1.82, 2.24) is 29.6 Å². The summed E-state index contributed by atoms with van der Waals surface area (Å²) >= 11 is 0. The first-order valence-electron chi connectivity index (χ1n) is 10.2. The molecule has 2 aromatic carbocycles. The second-order valence-corrected chi connectivity index (χ2v) is 7.46. The number of imidazole rings is 1. The molecule has 0 radical (unpaired) electrons. The number of tetrazole rings is 1. The largest absolute Gasteiger partial charge is 0.456 e. The molecule has 0 unspecified atom stereocenters. The summed E-state index contributed by atoms with van der Waals surface area (Å²) in [5.74, 6) is 1.12. The third-order valence-corrected chi connectivity index (χ3v) is 5.62. The lowest BCUT2D eigenvalue weighted by Crippen LogP contribution is -2.05. The van der Waals surface area contributed by atoms with Crippen LogP contribution in [0.5, 0.6) is 0 Å². The monoisotopic (exact) mass is 443 g/mol. The highest BCUT2D eigenvalue weighted by atomic mass is 16.3. The SMILES string of the molecule is N#Cc1c(-c2ccc(-c3ccc(-n4cnnn4)cc3)o2)c(C#N)c2nc3ccccc3n2c1N. The lowest BCUT2D eigenvalue weighted by molar-refractivity contribution is 0.597. The van der Waals surface area contributed by atoms with E-state index in [0.717, 1.165) is 16.8 Å². The molecule has 0 spiro atoms. The predicted molar refractivity (Wildman–Crippen MR) is 122 cm³/mol. The zero-order valence-corrected chi connectivity index (χ0v) is 17.4. The van der Waals surface area contributed by atoms with Crippen LogP contribution < -0.4 is 5.73 Å². The van der Waals surface area contributed by atoms with Crippen molar-refractivity contribution in [3.8, 4) is 40.5 Å². The minimum absolute atomic E-state index is 0.155. The number of nitriles is 2. The smallest absolute Gasteiger partial charge is 0.158 e. The van der Waals surface area contributed by atoms with Gasteiger partial charge in [0.1, 0.15) is 46.9 Å². The van der Waals surface area contributed by atoms with Crippen molar-refractivity contribution in [2.24, 2.45) is 0 Å². The van der Waals surface area contributed by atoms with Gasteiger partial charge in [-0.15, -0.1) is 5.10 Å². The van der Waals surface area contributed by atoms with Gasteiger partial charge < -0.3 is 10.2 Å². The maximum absolute atomic E-state index is 10.0. The number of anilines is 1. The Balaban J connectivity index is 1.52. The van der Waals surface area contributed by atoms with Gasteiger partial charge in [0.25, 0.3) is 0 Å². The van der Waals surface area contributed by atoms with Gasteiger partial charge in [-0.2, -0.15) is 10.5 Å². The molecule has 4 heterocycles. The molecule has 6 rings (SSSR count). The molecule has 160 valence electrons. The first-order chi connectivity index (χ1) is 16.7. The molecule has 10 heteroatoms. The number of hydrogen-bond donors (Lipinski definition) is 1. The number of pyridine rings is 1. The van der Waals surface area contributed by atoms with Crippen LogP contribution >= 0.6 is 0 Å². The van der Waals surface area contributed by atoms with Gasteiger partial charge in [0.15, 0.2) is 5.65 Å². The predicted octanol–water partition coefficient (Wildman–Crippen LogP) is 3.72. The summed E-state index contributed by atoms with van der Waals surface area (Å²) in [5, 5.41) is 31.1. The normalized spacial score (nSPS) is 11.0. The van der Waals surface area contributed by atoms with Crippen molar-refractivity contribution in [3.05, 3.63) is 78.1 Å². The number of hydrogen-bond acceptors (Lipinski definition) is 8. The zero-order valence-electron chi connectivity index (χ0n) is 17.4. The van der Waals surface area contributed by atoms with E-state index in [9.17, 15) is 10.5 Å². The van der Waals surface area contributed by atoms with E-state index >= 15 is 0 Å². The molecule has 6 aromatic rings. The molecule has 0 aliphatic carbocycles. The number of benzene rings is 2. The maximum Gasteiger partial charge on any atom is 0.158 e. The van der Waals surface area contributed by atoms with Crippen molar-refractivity contribution in [2.75, 3.05) is 5.73 Å². The Kier molecular flexibility index (Phi) is 4.12. The first-order valence-corrected chi connectivity index (χ1v) is 10.2. The molecule has 0 atom stereocenters. The van der Waals surface area contributed by atoms with Crippen LogP contribution in [0.1, 0.15) is 11.1 Å². The molecule has 0 fully saturated rings. The van der Waals surface area contributed by atoms with Crippen molar-refractivity contribution in [1.29, 1.82) is 10.5 Å². The highest BCUT2D eigenvalue weighted by Gasteiger charge is 2.24. The second kappa shape index (κ2) is 7.29. The Bertz CT molecular complexity index is 1780. The van der Waals surface area contributed by atoms with Crippen LogP contribution in [0.3, 0.4) is 0 Å². The number of para-hydroxylation sites is 2. The molecule has 0 aliphatic heterocycles. The average molecular weight is 443 g/mol. The molecular weight excluding hydrogens is 430 g/mol. The van der Waals surface area contributed by atoms with Crippen LogP contribution in [0.2, 0.25) is 0 Å². The Labute approximate surface area is 191 Å². The van der Waals surface area contributed by atoms with Gasteiger partial charge in [0.05, 0.1) is 22.3 Å². The van der Waals surface area contributed by atoms with Gasteiger partial charge in [-0.1, -0.05) is 12.1 Å². The van der Waals surface area contributed by atoms with Crippen LogP contribution in [0.4, 0.5) is 5.82 Å². The van der Waals surface area contributed by atoms with E-state index < -0.39 is 0 Å². The van der Waals surface area contributed by atoms with E-state index in [-0.39, 0.29) is 16.9 Å². The molecule has 0 amide bonds. The van der Waals surface area contributed by atoms with Crippen molar-refractivity contribution < 1.29 is 4.42 Å². The highest BCUT2D eigenvalue weighted by Crippen LogP contribution is 2.38. The van der Waals surface area contributed by atoms with Gasteiger partial charge in [0.2, 0.25) is 0 Å². The third kappa shape index (κ3) is 2.73. The zero-order chi connectivity index (χ0) is 23.2. The minimum atomic E-state index is 0.155. The van der Waals surface area contributed by atoms with E-state index in [0.29, 0.717) is 28.2 Å². The molecule has 34 heavy (non-hydrogen) atoms. The Hall–Kier alpha value is -5.48. The standard InChI is InChI=1S/C24H13N9O/c25-11-16-22(17(12-26)24-29-18-3-1-2-4-19(18)33(24)23(16)27)21-10-9-20(34-21)14-5-7-15(8-6-14)32-13-28-30-31-32/h1-10,13H,27H2. The fourth-order valence-electron chi connectivity index (χ4n) is 4.07. The topological polar surface area (TPSA) is 148 Å². The summed E-state index contributed by atoms with van der Waals surface area (Å²) < 4.78 is 9.29. The summed E-state index contributed by atoms with van der Waals surface area (Å²) in [6, 6.07) is 22.7. The average Bonchev–Trinajstić information content (AvgIpc) is 3.64. The van der Waals surface area contributed by atoms with Gasteiger partial charge in [-0.3, -0.25) is 4.40 Å². The Morgan fingerprint density at radius 3 is 2.38 bits per heavy atom. The number of furan rings is 1. The highest BCUT2D eigenvalue weighted by molar-refractivity contribution is 5.92. The van der Waals surface area contributed by atoms with Gasteiger partial charge in [-0.25, -0.2) is 9.67 Å².